The zero-order valence-electron chi connectivity index (χ0n) is 19.1. The van der Waals surface area contributed by atoms with Gasteiger partial charge >= 0.3 is 0 Å². The van der Waals surface area contributed by atoms with E-state index in [9.17, 15) is 0 Å². The largest absolute Gasteiger partial charge is 0.371 e. The summed E-state index contributed by atoms with van der Waals surface area (Å²) in [6, 6.07) is 6.40. The number of hydrogen-bond acceptors (Lipinski definition) is 8. The first-order valence-corrected chi connectivity index (χ1v) is 11.3. The first kappa shape index (κ1) is 20.7. The Morgan fingerprint density at radius 3 is 2.88 bits per heavy atom. The van der Waals surface area contributed by atoms with Gasteiger partial charge in [0.2, 0.25) is 5.95 Å². The zero-order chi connectivity index (χ0) is 22.2. The molecule has 3 N–H and O–H groups in total. The molecule has 3 aromatic heterocycles. The van der Waals surface area contributed by atoms with E-state index in [2.05, 4.69) is 46.9 Å². The number of anilines is 3. The highest BCUT2D eigenvalue weighted by Crippen LogP contribution is 2.35. The summed E-state index contributed by atoms with van der Waals surface area (Å²) in [5.41, 5.74) is 3.62. The Labute approximate surface area is 188 Å². The van der Waals surface area contributed by atoms with Crippen LogP contribution in [-0.2, 0) is 0 Å². The van der Waals surface area contributed by atoms with E-state index in [0.717, 1.165) is 40.6 Å². The third-order valence-electron chi connectivity index (χ3n) is 6.50. The van der Waals surface area contributed by atoms with Crippen LogP contribution in [0.1, 0.15) is 19.8 Å². The van der Waals surface area contributed by atoms with Gasteiger partial charge in [0.1, 0.15) is 11.2 Å². The summed E-state index contributed by atoms with van der Waals surface area (Å²) in [6.07, 6.45) is 6.29. The minimum Gasteiger partial charge on any atom is -0.371 e. The van der Waals surface area contributed by atoms with Crippen molar-refractivity contribution < 1.29 is 0 Å². The third-order valence-corrected chi connectivity index (χ3v) is 6.50. The van der Waals surface area contributed by atoms with Crippen LogP contribution in [0.3, 0.4) is 0 Å². The second-order valence-electron chi connectivity index (χ2n) is 9.06. The van der Waals surface area contributed by atoms with E-state index in [-0.39, 0.29) is 0 Å². The maximum Gasteiger partial charge on any atom is 0.243 e. The Kier molecular flexibility index (Phi) is 5.42. The Balaban J connectivity index is 1.49. The van der Waals surface area contributed by atoms with Gasteiger partial charge in [0, 0.05) is 37.6 Å². The standard InChI is InChI=1S/C23H31N9/c1-14-5-6-15(13-31(3)4)19(14)28-23-29-22(24-2)20-16(9-12-32(20)30-23)17-7-8-18-21(27-17)26-11-10-25-18/h7-10,12,14-15,19H,5-6,11,13H2,1-4H3,(H,26,27)(H2,24,28,29,30). The molecular weight excluding hydrogens is 402 g/mol. The lowest BCUT2D eigenvalue weighted by atomic mass is 9.98. The van der Waals surface area contributed by atoms with Crippen molar-refractivity contribution in [2.45, 2.75) is 25.8 Å². The van der Waals surface area contributed by atoms with E-state index >= 15 is 0 Å². The molecule has 1 saturated carbocycles. The van der Waals surface area contributed by atoms with Crippen LogP contribution in [0.4, 0.5) is 23.3 Å². The van der Waals surface area contributed by atoms with Crippen molar-refractivity contribution in [3.63, 3.8) is 0 Å². The van der Waals surface area contributed by atoms with E-state index in [1.807, 2.05) is 42.2 Å². The number of aliphatic imine (C=N–C) groups is 1. The number of nitrogens with one attached hydrogen (secondary N) is 3. The zero-order valence-corrected chi connectivity index (χ0v) is 19.1. The highest BCUT2D eigenvalue weighted by atomic mass is 15.3. The van der Waals surface area contributed by atoms with Crippen molar-refractivity contribution in [3.05, 3.63) is 24.4 Å². The van der Waals surface area contributed by atoms with Crippen molar-refractivity contribution in [2.24, 2.45) is 16.8 Å². The summed E-state index contributed by atoms with van der Waals surface area (Å²) in [4.78, 5) is 16.3. The van der Waals surface area contributed by atoms with Gasteiger partial charge in [0.05, 0.1) is 12.2 Å². The fraction of sp³-hybridized carbons (Fsp3) is 0.478. The molecule has 0 saturated heterocycles. The molecule has 0 radical (unpaired) electrons. The van der Waals surface area contributed by atoms with Gasteiger partial charge in [-0.1, -0.05) is 6.92 Å². The summed E-state index contributed by atoms with van der Waals surface area (Å²) in [6.45, 7) is 4.08. The second kappa shape index (κ2) is 8.38. The predicted octanol–water partition coefficient (Wildman–Crippen LogP) is 3.35. The molecular formula is C23H31N9. The molecule has 5 rings (SSSR count). The number of pyridine rings is 1. The van der Waals surface area contributed by atoms with Crippen LogP contribution in [-0.4, -0.2) is 71.0 Å². The summed E-state index contributed by atoms with van der Waals surface area (Å²) < 4.78 is 1.89. The van der Waals surface area contributed by atoms with Crippen molar-refractivity contribution >= 4 is 35.0 Å². The lowest BCUT2D eigenvalue weighted by molar-refractivity contribution is 0.308. The third kappa shape index (κ3) is 3.77. The number of rotatable bonds is 6. The normalized spacial score (nSPS) is 22.2. The minimum absolute atomic E-state index is 0.364. The molecule has 168 valence electrons. The fourth-order valence-corrected chi connectivity index (χ4v) is 4.97. The van der Waals surface area contributed by atoms with Crippen LogP contribution >= 0.6 is 0 Å². The van der Waals surface area contributed by atoms with Crippen molar-refractivity contribution in [1.82, 2.24) is 24.5 Å². The van der Waals surface area contributed by atoms with Crippen LogP contribution < -0.4 is 16.0 Å². The molecule has 9 nitrogen and oxygen atoms in total. The SMILES string of the molecule is CNc1nc(NC2C(C)CCC2CN(C)C)nn2ccc(-c3ccc4c(n3)NCC=N4)c12. The summed E-state index contributed by atoms with van der Waals surface area (Å²) in [7, 11) is 6.17. The summed E-state index contributed by atoms with van der Waals surface area (Å²) >= 11 is 0. The van der Waals surface area contributed by atoms with Gasteiger partial charge in [0.25, 0.3) is 0 Å². The second-order valence-corrected chi connectivity index (χ2v) is 9.06. The van der Waals surface area contributed by atoms with Crippen molar-refractivity contribution in [1.29, 1.82) is 0 Å². The molecule has 1 aliphatic carbocycles. The number of fused-ring (bicyclic) bond motifs is 2. The molecule has 3 atom stereocenters. The van der Waals surface area contributed by atoms with Gasteiger partial charge in [0.15, 0.2) is 11.6 Å². The highest BCUT2D eigenvalue weighted by molar-refractivity contribution is 5.89. The van der Waals surface area contributed by atoms with Crippen LogP contribution in [0.15, 0.2) is 29.4 Å². The van der Waals surface area contributed by atoms with E-state index in [1.54, 1.807) is 0 Å². The molecule has 1 aliphatic heterocycles. The molecule has 0 amide bonds. The van der Waals surface area contributed by atoms with Gasteiger partial charge in [-0.15, -0.1) is 5.10 Å². The van der Waals surface area contributed by atoms with Gasteiger partial charge < -0.3 is 20.9 Å². The number of nitrogens with zero attached hydrogens (tertiary/aromatic N) is 6. The fourth-order valence-electron chi connectivity index (χ4n) is 4.97. The minimum atomic E-state index is 0.364. The molecule has 3 unspecified atom stereocenters. The van der Waals surface area contributed by atoms with E-state index in [0.29, 0.717) is 30.4 Å². The first-order chi connectivity index (χ1) is 15.5. The van der Waals surface area contributed by atoms with E-state index in [4.69, 9.17) is 15.1 Å². The Morgan fingerprint density at radius 2 is 2.06 bits per heavy atom. The van der Waals surface area contributed by atoms with Crippen LogP contribution in [0, 0.1) is 11.8 Å². The van der Waals surface area contributed by atoms with Crippen molar-refractivity contribution in [2.75, 3.05) is 50.2 Å². The molecule has 0 spiro atoms. The molecule has 1 fully saturated rings. The first-order valence-electron chi connectivity index (χ1n) is 11.3. The quantitative estimate of drug-likeness (QED) is 0.549. The maximum atomic E-state index is 4.84. The molecule has 0 bridgehead atoms. The maximum absolute atomic E-state index is 4.84. The van der Waals surface area contributed by atoms with E-state index < -0.39 is 0 Å². The Morgan fingerprint density at radius 1 is 1.19 bits per heavy atom. The van der Waals surface area contributed by atoms with Gasteiger partial charge in [-0.05, 0) is 57.0 Å². The predicted molar refractivity (Wildman–Crippen MR) is 130 cm³/mol. The molecule has 0 aromatic carbocycles. The molecule has 4 heterocycles. The number of hydrogen-bond donors (Lipinski definition) is 3. The summed E-state index contributed by atoms with van der Waals surface area (Å²) in [5, 5.41) is 15.0. The molecule has 32 heavy (non-hydrogen) atoms. The lowest BCUT2D eigenvalue weighted by Gasteiger charge is -2.26. The average molecular weight is 434 g/mol. The van der Waals surface area contributed by atoms with Crippen LogP contribution in [0.5, 0.6) is 0 Å². The Bertz CT molecular complexity index is 1150. The monoisotopic (exact) mass is 433 g/mol. The number of aromatic nitrogens is 4. The molecule has 2 aliphatic rings. The van der Waals surface area contributed by atoms with Crippen LogP contribution in [0.2, 0.25) is 0 Å². The van der Waals surface area contributed by atoms with Crippen molar-refractivity contribution in [3.8, 4) is 11.3 Å². The highest BCUT2D eigenvalue weighted by Gasteiger charge is 2.34. The van der Waals surface area contributed by atoms with Gasteiger partial charge in [-0.3, -0.25) is 4.99 Å². The van der Waals surface area contributed by atoms with Crippen LogP contribution in [0.25, 0.3) is 16.8 Å². The summed E-state index contributed by atoms with van der Waals surface area (Å²) in [5.74, 6) is 3.42. The average Bonchev–Trinajstić information content (AvgIpc) is 3.37. The van der Waals surface area contributed by atoms with Gasteiger partial charge in [-0.25, -0.2) is 9.50 Å². The van der Waals surface area contributed by atoms with E-state index in [1.165, 1.54) is 12.8 Å². The topological polar surface area (TPSA) is 94.8 Å². The smallest absolute Gasteiger partial charge is 0.243 e. The molecule has 3 aromatic rings. The van der Waals surface area contributed by atoms with Gasteiger partial charge in [-0.2, -0.15) is 4.98 Å². The molecule has 9 heteroatoms. The Hall–Kier alpha value is -3.20. The lowest BCUT2D eigenvalue weighted by Crippen LogP contribution is -2.35.